The van der Waals surface area contributed by atoms with E-state index in [-0.39, 0.29) is 30.6 Å². The smallest absolute Gasteiger partial charge is 0.243 e. The highest BCUT2D eigenvalue weighted by atomic mass is 19.1. The Hall–Kier alpha value is -3.67. The summed E-state index contributed by atoms with van der Waals surface area (Å²) in [7, 11) is 1.59. The van der Waals surface area contributed by atoms with Gasteiger partial charge in [-0.15, -0.1) is 0 Å². The first-order valence-corrected chi connectivity index (χ1v) is 11.0. The molecule has 1 atom stereocenters. The molecule has 0 unspecified atom stereocenters. The van der Waals surface area contributed by atoms with Crippen LogP contribution in [-0.4, -0.2) is 36.4 Å². The molecule has 0 saturated heterocycles. The number of halogens is 1. The number of hydrogen-bond donors (Lipinski definition) is 1. The summed E-state index contributed by atoms with van der Waals surface area (Å²) in [5.41, 5.74) is 2.52. The van der Waals surface area contributed by atoms with Crippen LogP contribution in [-0.2, 0) is 29.0 Å². The zero-order valence-electron chi connectivity index (χ0n) is 19.0. The van der Waals surface area contributed by atoms with Gasteiger partial charge in [0.2, 0.25) is 11.8 Å². The Balaban J connectivity index is 1.92. The number of carbonyl (C=O) groups excluding carboxylic acids is 2. The monoisotopic (exact) mass is 448 g/mol. The third kappa shape index (κ3) is 6.91. The first kappa shape index (κ1) is 24.0. The van der Waals surface area contributed by atoms with Crippen molar-refractivity contribution in [3.63, 3.8) is 0 Å². The lowest BCUT2D eigenvalue weighted by Gasteiger charge is -2.31. The zero-order valence-corrected chi connectivity index (χ0v) is 19.0. The summed E-state index contributed by atoms with van der Waals surface area (Å²) in [4.78, 5) is 28.2. The van der Waals surface area contributed by atoms with Crippen LogP contribution >= 0.6 is 0 Å². The number of rotatable bonds is 10. The molecule has 3 aromatic rings. The molecule has 0 aliphatic carbocycles. The molecule has 172 valence electrons. The number of carbonyl (C=O) groups is 2. The molecule has 3 aromatic carbocycles. The number of methoxy groups -OCH3 is 1. The Morgan fingerprint density at radius 3 is 2.15 bits per heavy atom. The van der Waals surface area contributed by atoms with Gasteiger partial charge in [0, 0.05) is 19.5 Å². The molecule has 0 heterocycles. The summed E-state index contributed by atoms with van der Waals surface area (Å²) in [5.74, 6) is -0.0405. The van der Waals surface area contributed by atoms with Crippen molar-refractivity contribution in [1.29, 1.82) is 0 Å². The Bertz CT molecular complexity index is 1040. The van der Waals surface area contributed by atoms with Gasteiger partial charge >= 0.3 is 0 Å². The number of nitrogens with one attached hydrogen (secondary N) is 1. The Morgan fingerprint density at radius 1 is 0.909 bits per heavy atom. The number of ether oxygens (including phenoxy) is 1. The summed E-state index contributed by atoms with van der Waals surface area (Å²) >= 11 is 0. The molecule has 0 saturated carbocycles. The summed E-state index contributed by atoms with van der Waals surface area (Å²) in [6.45, 7) is 2.51. The lowest BCUT2D eigenvalue weighted by Crippen LogP contribution is -2.50. The first-order valence-electron chi connectivity index (χ1n) is 11.0. The minimum Gasteiger partial charge on any atom is -0.497 e. The van der Waals surface area contributed by atoms with Crippen molar-refractivity contribution < 1.29 is 18.7 Å². The second-order valence-electron chi connectivity index (χ2n) is 7.77. The Morgan fingerprint density at radius 2 is 1.55 bits per heavy atom. The Kier molecular flexibility index (Phi) is 8.58. The van der Waals surface area contributed by atoms with Crippen LogP contribution in [0.4, 0.5) is 4.39 Å². The molecule has 5 nitrogen and oxygen atoms in total. The van der Waals surface area contributed by atoms with Crippen LogP contribution < -0.4 is 10.1 Å². The van der Waals surface area contributed by atoms with Crippen molar-refractivity contribution in [2.45, 2.75) is 32.4 Å². The second-order valence-corrected chi connectivity index (χ2v) is 7.77. The van der Waals surface area contributed by atoms with Gasteiger partial charge in [-0.2, -0.15) is 0 Å². The summed E-state index contributed by atoms with van der Waals surface area (Å²) in [5, 5.41) is 2.87. The largest absolute Gasteiger partial charge is 0.497 e. The molecule has 2 amide bonds. The molecule has 1 N–H and O–H groups in total. The molecule has 0 aliphatic rings. The molecule has 0 aliphatic heterocycles. The fourth-order valence-electron chi connectivity index (χ4n) is 3.65. The number of benzene rings is 3. The average molecular weight is 449 g/mol. The molecular formula is C27H29FN2O3. The van der Waals surface area contributed by atoms with E-state index < -0.39 is 6.04 Å². The highest BCUT2D eigenvalue weighted by Gasteiger charge is 2.30. The molecule has 0 radical (unpaired) electrons. The van der Waals surface area contributed by atoms with Crippen molar-refractivity contribution in [3.05, 3.63) is 101 Å². The minimum absolute atomic E-state index is 0.135. The molecule has 33 heavy (non-hydrogen) atoms. The summed E-state index contributed by atoms with van der Waals surface area (Å²) < 4.78 is 18.6. The normalized spacial score (nSPS) is 11.5. The van der Waals surface area contributed by atoms with Gasteiger partial charge in [-0.05, 0) is 47.9 Å². The average Bonchev–Trinajstić information content (AvgIpc) is 2.83. The van der Waals surface area contributed by atoms with Gasteiger partial charge in [-0.1, -0.05) is 54.6 Å². The number of likely N-dealkylation sites (N-methyl/N-ethyl adjacent to an activating group) is 1. The lowest BCUT2D eigenvalue weighted by atomic mass is 10.0. The lowest BCUT2D eigenvalue weighted by molar-refractivity contribution is -0.140. The first-order chi connectivity index (χ1) is 16.0. The van der Waals surface area contributed by atoms with Gasteiger partial charge in [0.25, 0.3) is 0 Å². The minimum atomic E-state index is -0.705. The van der Waals surface area contributed by atoms with Crippen molar-refractivity contribution >= 4 is 11.8 Å². The molecule has 3 rings (SSSR count). The van der Waals surface area contributed by atoms with E-state index in [1.165, 1.54) is 12.1 Å². The van der Waals surface area contributed by atoms with Crippen LogP contribution in [0.5, 0.6) is 5.75 Å². The molecule has 0 spiro atoms. The van der Waals surface area contributed by atoms with Crippen LogP contribution in [0.2, 0.25) is 0 Å². The maximum Gasteiger partial charge on any atom is 0.243 e. The topological polar surface area (TPSA) is 58.6 Å². The second kappa shape index (κ2) is 11.8. The van der Waals surface area contributed by atoms with Crippen molar-refractivity contribution in [2.75, 3.05) is 13.7 Å². The predicted octanol–water partition coefficient (Wildman–Crippen LogP) is 4.15. The third-order valence-electron chi connectivity index (χ3n) is 5.40. The van der Waals surface area contributed by atoms with Gasteiger partial charge < -0.3 is 15.0 Å². The van der Waals surface area contributed by atoms with Gasteiger partial charge in [-0.25, -0.2) is 4.39 Å². The Labute approximate surface area is 194 Å². The molecule has 0 bridgehead atoms. The molecule has 6 heteroatoms. The number of hydrogen-bond acceptors (Lipinski definition) is 3. The number of amides is 2. The van der Waals surface area contributed by atoms with Gasteiger partial charge in [-0.3, -0.25) is 9.59 Å². The third-order valence-corrected chi connectivity index (χ3v) is 5.40. The predicted molar refractivity (Wildman–Crippen MR) is 126 cm³/mol. The van der Waals surface area contributed by atoms with Crippen LogP contribution in [0.15, 0.2) is 78.9 Å². The maximum absolute atomic E-state index is 13.5. The SMILES string of the molecule is CCNC(=O)[C@@H](Cc1ccccc1)N(Cc1ccc(F)cc1)C(=O)Cc1ccc(OC)cc1. The van der Waals surface area contributed by atoms with E-state index in [0.717, 1.165) is 16.7 Å². The van der Waals surface area contributed by atoms with Crippen molar-refractivity contribution in [1.82, 2.24) is 10.2 Å². The molecular weight excluding hydrogens is 419 g/mol. The zero-order chi connectivity index (χ0) is 23.6. The van der Waals surface area contributed by atoms with Crippen LogP contribution in [0.25, 0.3) is 0 Å². The van der Waals surface area contributed by atoms with Crippen LogP contribution in [0.3, 0.4) is 0 Å². The highest BCUT2D eigenvalue weighted by molar-refractivity contribution is 5.88. The van der Waals surface area contributed by atoms with Crippen molar-refractivity contribution in [2.24, 2.45) is 0 Å². The summed E-state index contributed by atoms with van der Waals surface area (Å²) in [6, 6.07) is 22.2. The fraction of sp³-hybridized carbons (Fsp3) is 0.259. The fourth-order valence-corrected chi connectivity index (χ4v) is 3.65. The molecule has 0 fully saturated rings. The van der Waals surface area contributed by atoms with E-state index in [2.05, 4.69) is 5.32 Å². The van der Waals surface area contributed by atoms with E-state index in [1.54, 1.807) is 36.3 Å². The highest BCUT2D eigenvalue weighted by Crippen LogP contribution is 2.18. The van der Waals surface area contributed by atoms with Gasteiger partial charge in [0.15, 0.2) is 0 Å². The van der Waals surface area contributed by atoms with Crippen LogP contribution in [0, 0.1) is 5.82 Å². The standard InChI is InChI=1S/C27H29FN2O3/c1-3-29-27(32)25(17-20-7-5-4-6-8-20)30(19-22-9-13-23(28)14-10-22)26(31)18-21-11-15-24(33-2)16-12-21/h4-16,25H,3,17-19H2,1-2H3,(H,29,32)/t25-/m1/s1. The molecule has 0 aromatic heterocycles. The quantitative estimate of drug-likeness (QED) is 0.507. The van der Waals surface area contributed by atoms with Crippen molar-refractivity contribution in [3.8, 4) is 5.75 Å². The maximum atomic E-state index is 13.5. The van der Waals surface area contributed by atoms with Gasteiger partial charge in [0.05, 0.1) is 13.5 Å². The van der Waals surface area contributed by atoms with E-state index in [4.69, 9.17) is 4.74 Å². The summed E-state index contributed by atoms with van der Waals surface area (Å²) in [6.07, 6.45) is 0.512. The number of nitrogens with zero attached hydrogens (tertiary/aromatic N) is 1. The van der Waals surface area contributed by atoms with E-state index in [9.17, 15) is 14.0 Å². The van der Waals surface area contributed by atoms with Crippen LogP contribution in [0.1, 0.15) is 23.6 Å². The van der Waals surface area contributed by atoms with E-state index >= 15 is 0 Å². The van der Waals surface area contributed by atoms with E-state index in [0.29, 0.717) is 18.7 Å². The van der Waals surface area contributed by atoms with Gasteiger partial charge in [0.1, 0.15) is 17.6 Å². The van der Waals surface area contributed by atoms with E-state index in [1.807, 2.05) is 49.4 Å².